The van der Waals surface area contributed by atoms with Crippen LogP contribution in [0.25, 0.3) is 10.1 Å². The Bertz CT molecular complexity index is 615. The van der Waals surface area contributed by atoms with E-state index in [4.69, 9.17) is 11.5 Å². The molecule has 0 bridgehead atoms. The number of thiophene rings is 1. The molecular formula is C12H15ClN4OS. The third-order valence-electron chi connectivity index (χ3n) is 3.21. The van der Waals surface area contributed by atoms with Gasteiger partial charge in [-0.1, -0.05) is 0 Å². The van der Waals surface area contributed by atoms with Gasteiger partial charge >= 0.3 is 0 Å². The molecule has 2 aromatic rings. The lowest BCUT2D eigenvalue weighted by Gasteiger charge is -2.14. The quantitative estimate of drug-likeness (QED) is 0.876. The summed E-state index contributed by atoms with van der Waals surface area (Å²) in [4.78, 5) is 18.7. The van der Waals surface area contributed by atoms with Gasteiger partial charge in [0.05, 0.1) is 12.6 Å². The minimum Gasteiger partial charge on any atom is -0.383 e. The molecule has 1 amide bonds. The van der Waals surface area contributed by atoms with Crippen molar-refractivity contribution in [2.75, 3.05) is 12.3 Å². The van der Waals surface area contributed by atoms with Crippen LogP contribution < -0.4 is 11.5 Å². The molecule has 4 N–H and O–H groups in total. The van der Waals surface area contributed by atoms with Crippen LogP contribution in [0.5, 0.6) is 0 Å². The number of anilines is 1. The second-order valence-electron chi connectivity index (χ2n) is 4.48. The molecule has 1 fully saturated rings. The highest BCUT2D eigenvalue weighted by Gasteiger charge is 2.28. The Balaban J connectivity index is 0.00000133. The van der Waals surface area contributed by atoms with Gasteiger partial charge in [0.15, 0.2) is 0 Å². The van der Waals surface area contributed by atoms with E-state index in [0.29, 0.717) is 12.4 Å². The van der Waals surface area contributed by atoms with Crippen LogP contribution in [0.1, 0.15) is 11.3 Å². The smallest absolute Gasteiger partial charge is 0.239 e. The molecule has 1 aliphatic rings. The average Bonchev–Trinajstić information content (AvgIpc) is 2.89. The fourth-order valence-electron chi connectivity index (χ4n) is 2.22. The number of hydrogen-bond donors (Lipinski definition) is 2. The van der Waals surface area contributed by atoms with Gasteiger partial charge < -0.3 is 16.4 Å². The predicted molar refractivity (Wildman–Crippen MR) is 79.3 cm³/mol. The number of likely N-dealkylation sites (tertiary alicyclic amines) is 1. The minimum absolute atomic E-state index is 0. The topological polar surface area (TPSA) is 85.2 Å². The lowest BCUT2D eigenvalue weighted by molar-refractivity contribution is -0.129. The molecule has 0 spiro atoms. The van der Waals surface area contributed by atoms with Gasteiger partial charge in [0.25, 0.3) is 0 Å². The summed E-state index contributed by atoms with van der Waals surface area (Å²) in [7, 11) is 0. The fourth-order valence-corrected chi connectivity index (χ4v) is 3.30. The first-order valence-corrected chi connectivity index (χ1v) is 6.64. The standard InChI is InChI=1S/C12H14N4OS.ClH/c13-9-2-4-16(12(9)17)6-7-5-8-10(18-7)1-3-15-11(8)14;/h1,3,5,9H,2,4,6,13H2,(H2,14,15);1H/t9-;/m0./s1. The largest absolute Gasteiger partial charge is 0.383 e. The molecule has 1 atom stereocenters. The molecule has 0 aromatic carbocycles. The van der Waals surface area contributed by atoms with Crippen molar-refractivity contribution >= 4 is 45.6 Å². The molecule has 3 heterocycles. The Labute approximate surface area is 121 Å². The molecular weight excluding hydrogens is 284 g/mol. The van der Waals surface area contributed by atoms with Crippen molar-refractivity contribution in [2.24, 2.45) is 5.73 Å². The number of aromatic nitrogens is 1. The Kier molecular flexibility index (Phi) is 3.93. The zero-order valence-electron chi connectivity index (χ0n) is 10.2. The maximum Gasteiger partial charge on any atom is 0.239 e. The van der Waals surface area contributed by atoms with E-state index in [1.54, 1.807) is 22.4 Å². The van der Waals surface area contributed by atoms with Gasteiger partial charge in [-0.15, -0.1) is 23.7 Å². The van der Waals surface area contributed by atoms with Crippen molar-refractivity contribution < 1.29 is 4.79 Å². The van der Waals surface area contributed by atoms with E-state index in [0.717, 1.165) is 27.9 Å². The molecule has 3 rings (SSSR count). The van der Waals surface area contributed by atoms with Crippen molar-refractivity contribution in [3.05, 3.63) is 23.2 Å². The van der Waals surface area contributed by atoms with Crippen molar-refractivity contribution in [3.8, 4) is 0 Å². The Morgan fingerprint density at radius 3 is 2.95 bits per heavy atom. The summed E-state index contributed by atoms with van der Waals surface area (Å²) in [6, 6.07) is 3.63. The third kappa shape index (κ3) is 2.51. The second-order valence-corrected chi connectivity index (χ2v) is 5.64. The van der Waals surface area contributed by atoms with Crippen LogP contribution in [-0.4, -0.2) is 28.4 Å². The summed E-state index contributed by atoms with van der Waals surface area (Å²) in [6.45, 7) is 1.35. The zero-order chi connectivity index (χ0) is 12.7. The summed E-state index contributed by atoms with van der Waals surface area (Å²) in [5.41, 5.74) is 11.5. The van der Waals surface area contributed by atoms with Gasteiger partial charge in [-0.2, -0.15) is 0 Å². The molecule has 19 heavy (non-hydrogen) atoms. The first-order chi connectivity index (χ1) is 8.65. The van der Waals surface area contributed by atoms with Crippen molar-refractivity contribution in [1.82, 2.24) is 9.88 Å². The number of nitrogen functional groups attached to an aromatic ring is 1. The summed E-state index contributed by atoms with van der Waals surface area (Å²) in [6.07, 6.45) is 2.45. The fraction of sp³-hybridized carbons (Fsp3) is 0.333. The van der Waals surface area contributed by atoms with Gasteiger partial charge in [-0.25, -0.2) is 4.98 Å². The predicted octanol–water partition coefficient (Wildman–Crippen LogP) is 1.36. The second kappa shape index (κ2) is 5.32. The van der Waals surface area contributed by atoms with E-state index in [-0.39, 0.29) is 24.4 Å². The Morgan fingerprint density at radius 2 is 2.32 bits per heavy atom. The summed E-state index contributed by atoms with van der Waals surface area (Å²) < 4.78 is 1.11. The molecule has 102 valence electrons. The molecule has 0 radical (unpaired) electrons. The maximum absolute atomic E-state index is 11.8. The lowest BCUT2D eigenvalue weighted by atomic mass is 10.3. The van der Waals surface area contributed by atoms with Crippen LogP contribution >= 0.6 is 23.7 Å². The van der Waals surface area contributed by atoms with E-state index in [2.05, 4.69) is 4.98 Å². The normalized spacial score (nSPS) is 18.9. The number of halogens is 1. The number of carbonyl (C=O) groups excluding carboxylic acids is 1. The number of carbonyl (C=O) groups is 1. The molecule has 0 saturated carbocycles. The van der Waals surface area contributed by atoms with Crippen molar-refractivity contribution in [3.63, 3.8) is 0 Å². The highest BCUT2D eigenvalue weighted by atomic mass is 35.5. The molecule has 5 nitrogen and oxygen atoms in total. The number of pyridine rings is 1. The number of fused-ring (bicyclic) bond motifs is 1. The van der Waals surface area contributed by atoms with Crippen LogP contribution in [0.3, 0.4) is 0 Å². The Hall–Kier alpha value is -1.37. The summed E-state index contributed by atoms with van der Waals surface area (Å²) >= 11 is 1.65. The maximum atomic E-state index is 11.8. The number of nitrogens with zero attached hydrogens (tertiary/aromatic N) is 2. The van der Waals surface area contributed by atoms with Gasteiger partial charge in [-0.05, 0) is 18.6 Å². The molecule has 2 aromatic heterocycles. The van der Waals surface area contributed by atoms with Gasteiger partial charge in [0.1, 0.15) is 5.82 Å². The molecule has 7 heteroatoms. The molecule has 1 saturated heterocycles. The molecule has 1 aliphatic heterocycles. The number of hydrogen-bond acceptors (Lipinski definition) is 5. The minimum atomic E-state index is -0.328. The average molecular weight is 299 g/mol. The van der Waals surface area contributed by atoms with Crippen LogP contribution in [0.2, 0.25) is 0 Å². The lowest BCUT2D eigenvalue weighted by Crippen LogP contribution is -2.33. The number of amides is 1. The monoisotopic (exact) mass is 298 g/mol. The number of rotatable bonds is 2. The van der Waals surface area contributed by atoms with Crippen LogP contribution in [-0.2, 0) is 11.3 Å². The van der Waals surface area contributed by atoms with Gasteiger partial charge in [0, 0.05) is 27.7 Å². The summed E-state index contributed by atoms with van der Waals surface area (Å²) in [5.74, 6) is 0.581. The highest BCUT2D eigenvalue weighted by molar-refractivity contribution is 7.19. The third-order valence-corrected chi connectivity index (χ3v) is 4.30. The van der Waals surface area contributed by atoms with Crippen LogP contribution in [0.15, 0.2) is 18.3 Å². The van der Waals surface area contributed by atoms with E-state index in [1.807, 2.05) is 12.1 Å². The van der Waals surface area contributed by atoms with Crippen LogP contribution in [0.4, 0.5) is 5.82 Å². The number of nitrogens with two attached hydrogens (primary N) is 2. The van der Waals surface area contributed by atoms with Crippen molar-refractivity contribution in [2.45, 2.75) is 19.0 Å². The SMILES string of the molecule is Cl.Nc1nccc2sc(CN3CC[C@H](N)C3=O)cc12. The van der Waals surface area contributed by atoms with E-state index < -0.39 is 0 Å². The van der Waals surface area contributed by atoms with Crippen molar-refractivity contribution in [1.29, 1.82) is 0 Å². The van der Waals surface area contributed by atoms with Gasteiger partial charge in [-0.3, -0.25) is 4.79 Å². The summed E-state index contributed by atoms with van der Waals surface area (Å²) in [5, 5.41) is 0.966. The first-order valence-electron chi connectivity index (χ1n) is 5.82. The van der Waals surface area contributed by atoms with E-state index in [9.17, 15) is 4.79 Å². The van der Waals surface area contributed by atoms with Gasteiger partial charge in [0.2, 0.25) is 5.91 Å². The molecule has 0 aliphatic carbocycles. The highest BCUT2D eigenvalue weighted by Crippen LogP contribution is 2.29. The first kappa shape index (κ1) is 14.0. The van der Waals surface area contributed by atoms with E-state index in [1.165, 1.54) is 0 Å². The van der Waals surface area contributed by atoms with Crippen LogP contribution in [0, 0.1) is 0 Å². The Morgan fingerprint density at radius 1 is 1.53 bits per heavy atom. The molecule has 0 unspecified atom stereocenters. The zero-order valence-corrected chi connectivity index (χ0v) is 11.8. The van der Waals surface area contributed by atoms with E-state index >= 15 is 0 Å².